The highest BCUT2D eigenvalue weighted by Crippen LogP contribution is 2.21. The summed E-state index contributed by atoms with van der Waals surface area (Å²) in [6.07, 6.45) is 21.4. The fraction of sp³-hybridized carbons (Fsp3) is 0.500. The number of carbonyl (C=O) groups excluding carboxylic acids is 1. The number of rotatable bonds is 18. The van der Waals surface area contributed by atoms with Gasteiger partial charge in [0.1, 0.15) is 5.75 Å². The zero-order valence-corrected chi connectivity index (χ0v) is 21.0. The van der Waals surface area contributed by atoms with Crippen LogP contribution in [0.2, 0.25) is 0 Å². The van der Waals surface area contributed by atoms with Gasteiger partial charge in [0, 0.05) is 6.42 Å². The van der Waals surface area contributed by atoms with E-state index in [2.05, 4.69) is 29.3 Å². The van der Waals surface area contributed by atoms with Gasteiger partial charge in [-0.1, -0.05) is 88.6 Å². The van der Waals surface area contributed by atoms with Crippen LogP contribution in [0.15, 0.2) is 77.0 Å². The van der Waals surface area contributed by atoms with Gasteiger partial charge >= 0.3 is 5.97 Å². The first kappa shape index (κ1) is 27.5. The van der Waals surface area contributed by atoms with Gasteiger partial charge < -0.3 is 4.74 Å². The molecular weight excluding hydrogens is 420 g/mol. The van der Waals surface area contributed by atoms with Crippen LogP contribution in [0, 0.1) is 0 Å². The fourth-order valence-electron chi connectivity index (χ4n) is 3.71. The topological polar surface area (TPSA) is 51.0 Å². The van der Waals surface area contributed by atoms with Gasteiger partial charge in [-0.25, -0.2) is 0 Å². The Balaban J connectivity index is 1.46. The van der Waals surface area contributed by atoms with E-state index in [0.29, 0.717) is 12.2 Å². The molecule has 0 spiro atoms. The average Bonchev–Trinajstić information content (AvgIpc) is 2.86. The van der Waals surface area contributed by atoms with Gasteiger partial charge in [0.05, 0.1) is 11.4 Å². The van der Waals surface area contributed by atoms with E-state index in [-0.39, 0.29) is 5.97 Å². The highest BCUT2D eigenvalue weighted by Gasteiger charge is 2.05. The number of carbonyl (C=O) groups is 1. The molecule has 2 rings (SSSR count). The lowest BCUT2D eigenvalue weighted by Crippen LogP contribution is -2.07. The number of esters is 1. The van der Waals surface area contributed by atoms with E-state index in [0.717, 1.165) is 24.2 Å². The zero-order chi connectivity index (χ0) is 24.1. The molecule has 2 aromatic rings. The van der Waals surface area contributed by atoms with E-state index in [1.165, 1.54) is 70.6 Å². The van der Waals surface area contributed by atoms with Crippen molar-refractivity contribution < 1.29 is 9.53 Å². The van der Waals surface area contributed by atoms with Crippen LogP contribution in [0.1, 0.15) is 96.8 Å². The van der Waals surface area contributed by atoms with Crippen LogP contribution in [0.5, 0.6) is 5.75 Å². The molecule has 4 nitrogen and oxygen atoms in total. The summed E-state index contributed by atoms with van der Waals surface area (Å²) >= 11 is 0. The van der Waals surface area contributed by atoms with E-state index >= 15 is 0 Å². The van der Waals surface area contributed by atoms with Crippen molar-refractivity contribution in [2.75, 3.05) is 0 Å². The zero-order valence-electron chi connectivity index (χ0n) is 21.0. The van der Waals surface area contributed by atoms with Gasteiger partial charge in [-0.05, 0) is 68.5 Å². The second kappa shape index (κ2) is 18.7. The first-order valence-corrected chi connectivity index (χ1v) is 13.2. The van der Waals surface area contributed by atoms with Gasteiger partial charge in [-0.15, -0.1) is 0 Å². The van der Waals surface area contributed by atoms with Crippen molar-refractivity contribution in [2.24, 2.45) is 10.2 Å². The summed E-state index contributed by atoms with van der Waals surface area (Å²) in [4.78, 5) is 12.1. The highest BCUT2D eigenvalue weighted by molar-refractivity contribution is 5.72. The molecule has 0 fully saturated rings. The minimum Gasteiger partial charge on any atom is -0.427 e. The predicted molar refractivity (Wildman–Crippen MR) is 142 cm³/mol. The van der Waals surface area contributed by atoms with Gasteiger partial charge in [0.15, 0.2) is 0 Å². The van der Waals surface area contributed by atoms with Crippen molar-refractivity contribution >= 4 is 17.3 Å². The van der Waals surface area contributed by atoms with Gasteiger partial charge in [-0.3, -0.25) is 4.79 Å². The Morgan fingerprint density at radius 2 is 1.21 bits per heavy atom. The molecule has 0 aliphatic heterocycles. The number of nitrogens with zero attached hydrogens (tertiary/aromatic N) is 2. The summed E-state index contributed by atoms with van der Waals surface area (Å²) in [5.74, 6) is 0.382. The third-order valence-corrected chi connectivity index (χ3v) is 5.75. The van der Waals surface area contributed by atoms with E-state index in [1.54, 1.807) is 24.3 Å². The monoisotopic (exact) mass is 462 g/mol. The van der Waals surface area contributed by atoms with Crippen molar-refractivity contribution in [2.45, 2.75) is 96.8 Å². The average molecular weight is 463 g/mol. The summed E-state index contributed by atoms with van der Waals surface area (Å²) in [5.41, 5.74) is 1.53. The molecule has 184 valence electrons. The van der Waals surface area contributed by atoms with Crippen molar-refractivity contribution in [1.82, 2.24) is 0 Å². The maximum absolute atomic E-state index is 12.1. The molecule has 0 atom stereocenters. The smallest absolute Gasteiger partial charge is 0.311 e. The standard InChI is InChI=1S/C30H42N2O2/c1-2-3-4-5-6-7-8-9-10-11-12-13-14-15-19-22-30(33)34-29-25-23-28(24-26-29)32-31-27-20-17-16-18-21-27/h9-10,16-18,20-21,23-26H,2-8,11-15,19,22H2,1H3/b10-9-,32-31?. The minimum atomic E-state index is -0.170. The molecule has 0 aliphatic rings. The lowest BCUT2D eigenvalue weighted by molar-refractivity contribution is -0.134. The Hall–Kier alpha value is -2.75. The molecule has 0 N–H and O–H groups in total. The third kappa shape index (κ3) is 13.7. The van der Waals surface area contributed by atoms with E-state index < -0.39 is 0 Å². The number of ether oxygens (including phenoxy) is 1. The number of azo groups is 1. The molecule has 0 saturated heterocycles. The van der Waals surface area contributed by atoms with Crippen molar-refractivity contribution in [1.29, 1.82) is 0 Å². The van der Waals surface area contributed by atoms with Crippen molar-refractivity contribution in [3.05, 3.63) is 66.7 Å². The molecule has 0 saturated carbocycles. The highest BCUT2D eigenvalue weighted by atomic mass is 16.5. The number of hydrogen-bond acceptors (Lipinski definition) is 4. The number of allylic oxidation sites excluding steroid dienone is 2. The normalized spacial score (nSPS) is 11.4. The molecule has 0 unspecified atom stereocenters. The maximum atomic E-state index is 12.1. The van der Waals surface area contributed by atoms with Crippen molar-refractivity contribution in [3.8, 4) is 5.75 Å². The van der Waals surface area contributed by atoms with E-state index in [4.69, 9.17) is 4.74 Å². The van der Waals surface area contributed by atoms with Crippen LogP contribution in [0.3, 0.4) is 0 Å². The van der Waals surface area contributed by atoms with E-state index in [1.807, 2.05) is 30.3 Å². The summed E-state index contributed by atoms with van der Waals surface area (Å²) in [5, 5.41) is 8.38. The summed E-state index contributed by atoms with van der Waals surface area (Å²) in [7, 11) is 0. The predicted octanol–water partition coefficient (Wildman–Crippen LogP) is 10.0. The van der Waals surface area contributed by atoms with Gasteiger partial charge in [-0.2, -0.15) is 10.2 Å². The molecule has 0 radical (unpaired) electrons. The first-order chi connectivity index (χ1) is 16.8. The number of unbranched alkanes of at least 4 members (excludes halogenated alkanes) is 11. The molecule has 0 heterocycles. The van der Waals surface area contributed by atoms with Crippen LogP contribution in [-0.4, -0.2) is 5.97 Å². The quantitative estimate of drug-likeness (QED) is 0.0727. The SMILES string of the molecule is CCCCCCCC/C=C\CCCCCCCC(=O)Oc1ccc(N=Nc2ccccc2)cc1. The van der Waals surface area contributed by atoms with Crippen LogP contribution in [0.4, 0.5) is 11.4 Å². The first-order valence-electron chi connectivity index (χ1n) is 13.2. The molecule has 34 heavy (non-hydrogen) atoms. The molecule has 2 aromatic carbocycles. The second-order valence-corrected chi connectivity index (χ2v) is 8.84. The molecule has 0 aliphatic carbocycles. The Morgan fingerprint density at radius 3 is 1.82 bits per heavy atom. The minimum absolute atomic E-state index is 0.170. The number of benzene rings is 2. The lowest BCUT2D eigenvalue weighted by atomic mass is 10.1. The van der Waals surface area contributed by atoms with Crippen LogP contribution in [0.25, 0.3) is 0 Å². The second-order valence-electron chi connectivity index (χ2n) is 8.84. The number of hydrogen-bond donors (Lipinski definition) is 0. The maximum Gasteiger partial charge on any atom is 0.311 e. The summed E-state index contributed by atoms with van der Waals surface area (Å²) in [6, 6.07) is 16.7. The molecule has 0 amide bonds. The largest absolute Gasteiger partial charge is 0.427 e. The van der Waals surface area contributed by atoms with Crippen LogP contribution >= 0.6 is 0 Å². The Morgan fingerprint density at radius 1 is 0.676 bits per heavy atom. The fourth-order valence-corrected chi connectivity index (χ4v) is 3.71. The summed E-state index contributed by atoms with van der Waals surface area (Å²) in [6.45, 7) is 2.26. The molecule has 0 aromatic heterocycles. The van der Waals surface area contributed by atoms with E-state index in [9.17, 15) is 4.79 Å². The summed E-state index contributed by atoms with van der Waals surface area (Å²) < 4.78 is 5.43. The van der Waals surface area contributed by atoms with Crippen molar-refractivity contribution in [3.63, 3.8) is 0 Å². The van der Waals surface area contributed by atoms with Crippen LogP contribution in [-0.2, 0) is 4.79 Å². The molecule has 4 heteroatoms. The molecule has 0 bridgehead atoms. The third-order valence-electron chi connectivity index (χ3n) is 5.75. The van der Waals surface area contributed by atoms with Gasteiger partial charge in [0.25, 0.3) is 0 Å². The Bertz CT molecular complexity index is 829. The van der Waals surface area contributed by atoms with Crippen LogP contribution < -0.4 is 4.74 Å². The Kier molecular flexibility index (Phi) is 15.1. The Labute approximate surface area is 206 Å². The lowest BCUT2D eigenvalue weighted by Gasteiger charge is -2.04. The molecular formula is C30H42N2O2. The van der Waals surface area contributed by atoms with Gasteiger partial charge in [0.2, 0.25) is 0 Å².